The predicted octanol–water partition coefficient (Wildman–Crippen LogP) is 5.15. The van der Waals surface area contributed by atoms with Crippen LogP contribution in [0.15, 0.2) is 76.5 Å². The Hall–Kier alpha value is -3.39. The fraction of sp³-hybridized carbons (Fsp3) is 0.0500. The summed E-state index contributed by atoms with van der Waals surface area (Å²) in [4.78, 5) is 24.4. The SMILES string of the molecule is COc1cc(F)ccc1NC(=O)c1cccc(Sc2ccc([N+](=O)[O-])cc2)c1. The van der Waals surface area contributed by atoms with Crippen LogP contribution in [0.5, 0.6) is 5.75 Å². The molecule has 8 heteroatoms. The monoisotopic (exact) mass is 398 g/mol. The van der Waals surface area contributed by atoms with Crippen LogP contribution in [0.2, 0.25) is 0 Å². The summed E-state index contributed by atoms with van der Waals surface area (Å²) in [6, 6.07) is 17.0. The van der Waals surface area contributed by atoms with E-state index in [9.17, 15) is 19.3 Å². The Bertz CT molecular complexity index is 1020. The van der Waals surface area contributed by atoms with E-state index < -0.39 is 10.7 Å². The third kappa shape index (κ3) is 4.66. The molecule has 142 valence electrons. The maximum atomic E-state index is 13.3. The molecule has 0 radical (unpaired) electrons. The molecular weight excluding hydrogens is 383 g/mol. The number of hydrogen-bond donors (Lipinski definition) is 1. The lowest BCUT2D eigenvalue weighted by Gasteiger charge is -2.11. The van der Waals surface area contributed by atoms with E-state index >= 15 is 0 Å². The van der Waals surface area contributed by atoms with Gasteiger partial charge in [-0.05, 0) is 42.5 Å². The number of carbonyl (C=O) groups is 1. The van der Waals surface area contributed by atoms with Crippen molar-refractivity contribution in [1.29, 1.82) is 0 Å². The second kappa shape index (κ2) is 8.53. The molecule has 0 fully saturated rings. The van der Waals surface area contributed by atoms with E-state index in [0.717, 1.165) is 9.79 Å². The highest BCUT2D eigenvalue weighted by atomic mass is 32.2. The molecule has 0 aliphatic rings. The number of rotatable bonds is 6. The summed E-state index contributed by atoms with van der Waals surface area (Å²) in [6.07, 6.45) is 0. The minimum absolute atomic E-state index is 0.0192. The number of nitrogens with one attached hydrogen (secondary N) is 1. The molecule has 0 aliphatic carbocycles. The molecular formula is C20H15FN2O4S. The van der Waals surface area contributed by atoms with Crippen molar-refractivity contribution in [1.82, 2.24) is 0 Å². The van der Waals surface area contributed by atoms with Crippen LogP contribution >= 0.6 is 11.8 Å². The van der Waals surface area contributed by atoms with E-state index in [2.05, 4.69) is 5.32 Å². The zero-order chi connectivity index (χ0) is 20.1. The molecule has 0 saturated heterocycles. The average molecular weight is 398 g/mol. The van der Waals surface area contributed by atoms with Crippen molar-refractivity contribution in [3.63, 3.8) is 0 Å². The van der Waals surface area contributed by atoms with E-state index in [1.807, 2.05) is 6.07 Å². The lowest BCUT2D eigenvalue weighted by molar-refractivity contribution is -0.384. The Balaban J connectivity index is 1.75. The lowest BCUT2D eigenvalue weighted by atomic mass is 10.2. The van der Waals surface area contributed by atoms with E-state index in [4.69, 9.17) is 4.74 Å². The fourth-order valence-electron chi connectivity index (χ4n) is 2.44. The Morgan fingerprint density at radius 1 is 1.07 bits per heavy atom. The van der Waals surface area contributed by atoms with Crippen molar-refractivity contribution in [3.8, 4) is 5.75 Å². The molecule has 0 heterocycles. The van der Waals surface area contributed by atoms with Crippen LogP contribution in [0.3, 0.4) is 0 Å². The van der Waals surface area contributed by atoms with Crippen molar-refractivity contribution < 1.29 is 18.8 Å². The number of nitro benzene ring substituents is 1. The Kier molecular flexibility index (Phi) is 5.90. The Labute approximate surface area is 164 Å². The standard InChI is InChI=1S/C20H15FN2O4S/c1-27-19-12-14(21)5-10-18(19)22-20(24)13-3-2-4-17(11-13)28-16-8-6-15(7-9-16)23(25)26/h2-12H,1H3,(H,22,24). The number of amides is 1. The molecule has 3 rings (SSSR count). The molecule has 1 amide bonds. The zero-order valence-electron chi connectivity index (χ0n) is 14.7. The van der Waals surface area contributed by atoms with Gasteiger partial charge in [0.25, 0.3) is 11.6 Å². The maximum Gasteiger partial charge on any atom is 0.269 e. The summed E-state index contributed by atoms with van der Waals surface area (Å²) in [5, 5.41) is 13.4. The van der Waals surface area contributed by atoms with Gasteiger partial charge in [-0.1, -0.05) is 17.8 Å². The van der Waals surface area contributed by atoms with Crippen molar-refractivity contribution in [3.05, 3.63) is 88.2 Å². The average Bonchev–Trinajstić information content (AvgIpc) is 2.70. The van der Waals surface area contributed by atoms with Crippen LogP contribution in [-0.2, 0) is 0 Å². The first-order valence-corrected chi connectivity index (χ1v) is 8.95. The second-order valence-electron chi connectivity index (χ2n) is 5.68. The highest BCUT2D eigenvalue weighted by Crippen LogP contribution is 2.30. The molecule has 1 N–H and O–H groups in total. The summed E-state index contributed by atoms with van der Waals surface area (Å²) in [5.41, 5.74) is 0.798. The van der Waals surface area contributed by atoms with Gasteiger partial charge < -0.3 is 10.1 Å². The molecule has 3 aromatic rings. The predicted molar refractivity (Wildman–Crippen MR) is 105 cm³/mol. The van der Waals surface area contributed by atoms with Gasteiger partial charge in [0.2, 0.25) is 0 Å². The van der Waals surface area contributed by atoms with Crippen LogP contribution < -0.4 is 10.1 Å². The van der Waals surface area contributed by atoms with Gasteiger partial charge in [-0.15, -0.1) is 0 Å². The molecule has 3 aromatic carbocycles. The van der Waals surface area contributed by atoms with Gasteiger partial charge in [0.05, 0.1) is 17.7 Å². The minimum atomic E-state index is -0.462. The van der Waals surface area contributed by atoms with Crippen LogP contribution in [-0.4, -0.2) is 17.9 Å². The third-order valence-electron chi connectivity index (χ3n) is 3.79. The number of benzene rings is 3. The van der Waals surface area contributed by atoms with Gasteiger partial charge in [0.15, 0.2) is 0 Å². The van der Waals surface area contributed by atoms with E-state index in [1.54, 1.807) is 30.3 Å². The number of nitro groups is 1. The number of hydrogen-bond acceptors (Lipinski definition) is 5. The topological polar surface area (TPSA) is 81.5 Å². The van der Waals surface area contributed by atoms with Gasteiger partial charge in [-0.3, -0.25) is 14.9 Å². The number of nitrogens with zero attached hydrogens (tertiary/aromatic N) is 1. The molecule has 0 atom stereocenters. The van der Waals surface area contributed by atoms with Crippen LogP contribution in [0.25, 0.3) is 0 Å². The number of non-ortho nitro benzene ring substituents is 1. The second-order valence-corrected chi connectivity index (χ2v) is 6.83. The van der Waals surface area contributed by atoms with Crippen LogP contribution in [0, 0.1) is 15.9 Å². The minimum Gasteiger partial charge on any atom is -0.494 e. The molecule has 0 bridgehead atoms. The summed E-state index contributed by atoms with van der Waals surface area (Å²) in [7, 11) is 1.39. The third-order valence-corrected chi connectivity index (χ3v) is 4.79. The Morgan fingerprint density at radius 3 is 2.50 bits per heavy atom. The van der Waals surface area contributed by atoms with E-state index in [-0.39, 0.29) is 17.3 Å². The lowest BCUT2D eigenvalue weighted by Crippen LogP contribution is -2.12. The number of anilines is 1. The van der Waals surface area contributed by atoms with Crippen molar-refractivity contribution in [2.24, 2.45) is 0 Å². The first kappa shape index (κ1) is 19.4. The zero-order valence-corrected chi connectivity index (χ0v) is 15.5. The highest BCUT2D eigenvalue weighted by Gasteiger charge is 2.12. The molecule has 0 aromatic heterocycles. The van der Waals surface area contributed by atoms with Gasteiger partial charge in [-0.25, -0.2) is 4.39 Å². The quantitative estimate of drug-likeness (QED) is 0.459. The first-order chi connectivity index (χ1) is 13.5. The van der Waals surface area contributed by atoms with Gasteiger partial charge in [-0.2, -0.15) is 0 Å². The fourth-order valence-corrected chi connectivity index (χ4v) is 3.31. The molecule has 0 aliphatic heterocycles. The highest BCUT2D eigenvalue weighted by molar-refractivity contribution is 7.99. The van der Waals surface area contributed by atoms with Gasteiger partial charge in [0.1, 0.15) is 11.6 Å². The van der Waals surface area contributed by atoms with E-state index in [0.29, 0.717) is 11.3 Å². The summed E-state index contributed by atoms with van der Waals surface area (Å²) >= 11 is 1.38. The molecule has 0 unspecified atom stereocenters. The smallest absolute Gasteiger partial charge is 0.269 e. The molecule has 0 spiro atoms. The molecule has 0 saturated carbocycles. The van der Waals surface area contributed by atoms with Crippen molar-refractivity contribution in [2.45, 2.75) is 9.79 Å². The number of carbonyl (C=O) groups excluding carboxylic acids is 1. The maximum absolute atomic E-state index is 13.3. The van der Waals surface area contributed by atoms with Crippen molar-refractivity contribution >= 4 is 29.0 Å². The van der Waals surface area contributed by atoms with Crippen molar-refractivity contribution in [2.75, 3.05) is 12.4 Å². The molecule has 28 heavy (non-hydrogen) atoms. The normalized spacial score (nSPS) is 10.4. The van der Waals surface area contributed by atoms with Gasteiger partial charge >= 0.3 is 0 Å². The van der Waals surface area contributed by atoms with Gasteiger partial charge in [0, 0.05) is 33.6 Å². The Morgan fingerprint density at radius 2 is 1.82 bits per heavy atom. The van der Waals surface area contributed by atoms with Crippen LogP contribution in [0.4, 0.5) is 15.8 Å². The summed E-state index contributed by atoms with van der Waals surface area (Å²) in [6.45, 7) is 0. The first-order valence-electron chi connectivity index (χ1n) is 8.13. The number of halogens is 1. The largest absolute Gasteiger partial charge is 0.494 e. The van der Waals surface area contributed by atoms with E-state index in [1.165, 1.54) is 49.2 Å². The number of methoxy groups -OCH3 is 1. The number of ether oxygens (including phenoxy) is 1. The molecule has 6 nitrogen and oxygen atoms in total. The van der Waals surface area contributed by atoms with Crippen LogP contribution in [0.1, 0.15) is 10.4 Å². The summed E-state index contributed by atoms with van der Waals surface area (Å²) < 4.78 is 18.4. The summed E-state index contributed by atoms with van der Waals surface area (Å²) in [5.74, 6) is -0.600.